The van der Waals surface area contributed by atoms with Gasteiger partial charge in [0, 0.05) is 16.8 Å². The summed E-state index contributed by atoms with van der Waals surface area (Å²) in [5, 5.41) is 5.51. The van der Waals surface area contributed by atoms with Gasteiger partial charge in [0.1, 0.15) is 0 Å². The largest absolute Gasteiger partial charge is 0.335 e. The molecular weight excluding hydrogens is 256 g/mol. The summed E-state index contributed by atoms with van der Waals surface area (Å²) in [5.41, 5.74) is 1.20. The van der Waals surface area contributed by atoms with Gasteiger partial charge in [-0.2, -0.15) is 0 Å². The molecule has 1 saturated heterocycles. The van der Waals surface area contributed by atoms with Crippen molar-refractivity contribution in [2.45, 2.75) is 39.2 Å². The van der Waals surface area contributed by atoms with Gasteiger partial charge in [0.2, 0.25) is 5.91 Å². The van der Waals surface area contributed by atoms with Gasteiger partial charge in [0.05, 0.1) is 6.04 Å². The molecule has 0 radical (unpaired) electrons. The van der Waals surface area contributed by atoms with Crippen molar-refractivity contribution in [3.63, 3.8) is 0 Å². The normalized spacial score (nSPS) is 26.0. The average Bonchev–Trinajstić information content (AvgIpc) is 2.88. The maximum absolute atomic E-state index is 12.9. The van der Waals surface area contributed by atoms with Crippen LogP contribution in [0.25, 0.3) is 0 Å². The van der Waals surface area contributed by atoms with Crippen LogP contribution in [0.4, 0.5) is 0 Å². The van der Waals surface area contributed by atoms with E-state index in [-0.39, 0.29) is 11.5 Å². The highest BCUT2D eigenvalue weighted by Gasteiger charge is 2.40. The van der Waals surface area contributed by atoms with Crippen molar-refractivity contribution in [1.29, 1.82) is 0 Å². The van der Waals surface area contributed by atoms with Crippen LogP contribution in [0.3, 0.4) is 0 Å². The van der Waals surface area contributed by atoms with E-state index in [0.717, 1.165) is 38.9 Å². The number of piperidine rings is 1. The molecule has 1 aromatic heterocycles. The molecule has 3 nitrogen and oxygen atoms in total. The number of nitrogens with one attached hydrogen (secondary N) is 1. The lowest BCUT2D eigenvalue weighted by Gasteiger charge is -2.42. The first kappa shape index (κ1) is 13.1. The number of hydrogen-bond donors (Lipinski definition) is 1. The van der Waals surface area contributed by atoms with Crippen LogP contribution in [-0.4, -0.2) is 30.4 Å². The summed E-state index contributed by atoms with van der Waals surface area (Å²) in [6.45, 7) is 7.14. The lowest BCUT2D eigenvalue weighted by Crippen LogP contribution is -2.50. The molecular formula is C15H22N2OS. The second-order valence-corrected chi connectivity index (χ2v) is 7.03. The minimum absolute atomic E-state index is 0.160. The Balaban J connectivity index is 1.81. The van der Waals surface area contributed by atoms with Gasteiger partial charge in [-0.05, 0) is 56.3 Å². The fourth-order valence-electron chi connectivity index (χ4n) is 3.33. The van der Waals surface area contributed by atoms with E-state index >= 15 is 0 Å². The van der Waals surface area contributed by atoms with E-state index in [2.05, 4.69) is 35.5 Å². The minimum Gasteiger partial charge on any atom is -0.335 e. The zero-order valence-corrected chi connectivity index (χ0v) is 12.6. The first-order valence-corrected chi connectivity index (χ1v) is 8.08. The Bertz CT molecular complexity index is 476. The van der Waals surface area contributed by atoms with Gasteiger partial charge in [-0.3, -0.25) is 4.79 Å². The molecule has 0 saturated carbocycles. The highest BCUT2D eigenvalue weighted by atomic mass is 32.1. The number of rotatable bonds is 1. The first-order valence-electron chi connectivity index (χ1n) is 7.20. The number of carbonyl (C=O) groups excluding carboxylic acids is 1. The Morgan fingerprint density at radius 2 is 2.21 bits per heavy atom. The summed E-state index contributed by atoms with van der Waals surface area (Å²) in [6, 6.07) is 2.43. The van der Waals surface area contributed by atoms with Gasteiger partial charge < -0.3 is 10.2 Å². The van der Waals surface area contributed by atoms with Gasteiger partial charge in [-0.1, -0.05) is 6.92 Å². The number of thiophene rings is 1. The van der Waals surface area contributed by atoms with Crippen molar-refractivity contribution >= 4 is 17.2 Å². The molecule has 1 aromatic rings. The molecule has 0 bridgehead atoms. The van der Waals surface area contributed by atoms with E-state index in [4.69, 9.17) is 0 Å². The third-order valence-electron chi connectivity index (χ3n) is 4.76. The summed E-state index contributed by atoms with van der Waals surface area (Å²) in [5.74, 6) is 0.360. The third kappa shape index (κ3) is 2.21. The highest BCUT2D eigenvalue weighted by Crippen LogP contribution is 2.38. The SMILES string of the molecule is CC1c2ccsc2CCN1C(=O)C1(C)CCNCC1. The molecule has 4 heteroatoms. The van der Waals surface area contributed by atoms with Gasteiger partial charge >= 0.3 is 0 Å². The van der Waals surface area contributed by atoms with Crippen LogP contribution in [0, 0.1) is 5.41 Å². The van der Waals surface area contributed by atoms with E-state index in [1.165, 1.54) is 10.4 Å². The number of nitrogens with zero attached hydrogens (tertiary/aromatic N) is 1. The summed E-state index contributed by atoms with van der Waals surface area (Å²) < 4.78 is 0. The van der Waals surface area contributed by atoms with Crippen molar-refractivity contribution in [2.24, 2.45) is 5.41 Å². The fraction of sp³-hybridized carbons (Fsp3) is 0.667. The van der Waals surface area contributed by atoms with Crippen LogP contribution in [-0.2, 0) is 11.2 Å². The molecule has 0 aromatic carbocycles. The molecule has 0 aliphatic carbocycles. The molecule has 1 amide bonds. The molecule has 2 aliphatic heterocycles. The Morgan fingerprint density at radius 3 is 2.95 bits per heavy atom. The maximum Gasteiger partial charge on any atom is 0.229 e. The number of fused-ring (bicyclic) bond motifs is 1. The van der Waals surface area contributed by atoms with Crippen molar-refractivity contribution in [3.05, 3.63) is 21.9 Å². The van der Waals surface area contributed by atoms with Crippen molar-refractivity contribution < 1.29 is 4.79 Å². The lowest BCUT2D eigenvalue weighted by atomic mass is 9.79. The molecule has 19 heavy (non-hydrogen) atoms. The molecule has 1 fully saturated rings. The Morgan fingerprint density at radius 1 is 1.47 bits per heavy atom. The Hall–Kier alpha value is -0.870. The predicted molar refractivity (Wildman–Crippen MR) is 78.4 cm³/mol. The van der Waals surface area contributed by atoms with E-state index in [9.17, 15) is 4.79 Å². The van der Waals surface area contributed by atoms with Gasteiger partial charge in [-0.15, -0.1) is 11.3 Å². The zero-order chi connectivity index (χ0) is 13.5. The summed E-state index contributed by atoms with van der Waals surface area (Å²) >= 11 is 1.83. The number of hydrogen-bond acceptors (Lipinski definition) is 3. The van der Waals surface area contributed by atoms with E-state index in [0.29, 0.717) is 5.91 Å². The second-order valence-electron chi connectivity index (χ2n) is 6.03. The third-order valence-corrected chi connectivity index (χ3v) is 5.76. The van der Waals surface area contributed by atoms with Crippen molar-refractivity contribution in [2.75, 3.05) is 19.6 Å². The van der Waals surface area contributed by atoms with Gasteiger partial charge in [0.15, 0.2) is 0 Å². The molecule has 104 valence electrons. The molecule has 1 unspecified atom stereocenters. The monoisotopic (exact) mass is 278 g/mol. The summed E-state index contributed by atoms with van der Waals surface area (Å²) in [6.07, 6.45) is 2.95. The smallest absolute Gasteiger partial charge is 0.229 e. The zero-order valence-electron chi connectivity index (χ0n) is 11.7. The van der Waals surface area contributed by atoms with Crippen LogP contribution < -0.4 is 5.32 Å². The molecule has 3 heterocycles. The topological polar surface area (TPSA) is 32.3 Å². The van der Waals surface area contributed by atoms with Gasteiger partial charge in [-0.25, -0.2) is 0 Å². The first-order chi connectivity index (χ1) is 9.12. The maximum atomic E-state index is 12.9. The minimum atomic E-state index is -0.160. The Labute approximate surface area is 119 Å². The van der Waals surface area contributed by atoms with E-state index in [1.54, 1.807) is 0 Å². The van der Waals surface area contributed by atoms with Crippen molar-refractivity contribution in [1.82, 2.24) is 10.2 Å². The van der Waals surface area contributed by atoms with Gasteiger partial charge in [0.25, 0.3) is 0 Å². The lowest BCUT2D eigenvalue weighted by molar-refractivity contribution is -0.145. The van der Waals surface area contributed by atoms with Crippen LogP contribution in [0.2, 0.25) is 0 Å². The second kappa shape index (κ2) is 4.91. The highest BCUT2D eigenvalue weighted by molar-refractivity contribution is 7.10. The Kier molecular flexibility index (Phi) is 3.39. The van der Waals surface area contributed by atoms with Crippen molar-refractivity contribution in [3.8, 4) is 0 Å². The average molecular weight is 278 g/mol. The molecule has 2 aliphatic rings. The van der Waals surface area contributed by atoms with E-state index < -0.39 is 0 Å². The quantitative estimate of drug-likeness (QED) is 0.856. The molecule has 1 atom stereocenters. The van der Waals surface area contributed by atoms with Crippen LogP contribution in [0.15, 0.2) is 11.4 Å². The van der Waals surface area contributed by atoms with Crippen LogP contribution in [0.1, 0.15) is 43.2 Å². The molecule has 1 N–H and O–H groups in total. The predicted octanol–water partition coefficient (Wildman–Crippen LogP) is 2.58. The fourth-order valence-corrected chi connectivity index (χ4v) is 4.29. The number of amides is 1. The number of carbonyl (C=O) groups is 1. The summed E-state index contributed by atoms with van der Waals surface area (Å²) in [7, 11) is 0. The van der Waals surface area contributed by atoms with Crippen LogP contribution in [0.5, 0.6) is 0 Å². The standard InChI is InChI=1S/C15H22N2OS/c1-11-12-4-10-19-13(12)3-9-17(11)14(18)15(2)5-7-16-8-6-15/h4,10-11,16H,3,5-9H2,1-2H3. The van der Waals surface area contributed by atoms with E-state index in [1.807, 2.05) is 11.3 Å². The van der Waals surface area contributed by atoms with Crippen LogP contribution >= 0.6 is 11.3 Å². The summed E-state index contributed by atoms with van der Waals surface area (Å²) in [4.78, 5) is 16.5. The molecule has 0 spiro atoms. The molecule has 3 rings (SSSR count).